The van der Waals surface area contributed by atoms with E-state index in [0.717, 1.165) is 12.8 Å². The molecule has 0 bridgehead atoms. The van der Waals surface area contributed by atoms with Crippen molar-refractivity contribution in [1.82, 2.24) is 0 Å². The molecule has 0 spiro atoms. The van der Waals surface area contributed by atoms with Crippen molar-refractivity contribution in [3.63, 3.8) is 0 Å². The lowest BCUT2D eigenvalue weighted by atomic mass is 10.1. The highest BCUT2D eigenvalue weighted by Crippen LogP contribution is 2.40. The summed E-state index contributed by atoms with van der Waals surface area (Å²) in [5, 5.41) is 0. The second-order valence-electron chi connectivity index (χ2n) is 6.17. The average molecular weight is 328 g/mol. The van der Waals surface area contributed by atoms with Gasteiger partial charge in [0.2, 0.25) is 0 Å². The highest BCUT2D eigenvalue weighted by atomic mass is 19.1. The van der Waals surface area contributed by atoms with E-state index in [2.05, 4.69) is 0 Å². The lowest BCUT2D eigenvalue weighted by Crippen LogP contribution is -2.38. The van der Waals surface area contributed by atoms with Crippen LogP contribution in [0.25, 0.3) is 0 Å². The van der Waals surface area contributed by atoms with Crippen molar-refractivity contribution in [1.29, 1.82) is 0 Å². The number of hydrogen-bond donors (Lipinski definition) is 0. The molecule has 23 heavy (non-hydrogen) atoms. The van der Waals surface area contributed by atoms with Crippen LogP contribution >= 0.6 is 0 Å². The van der Waals surface area contributed by atoms with E-state index in [-0.39, 0.29) is 18.5 Å². The zero-order valence-corrected chi connectivity index (χ0v) is 13.3. The van der Waals surface area contributed by atoms with Crippen LogP contribution in [-0.2, 0) is 25.6 Å². The van der Waals surface area contributed by atoms with Crippen LogP contribution in [-0.4, -0.2) is 37.1 Å². The van der Waals surface area contributed by atoms with Gasteiger partial charge in [-0.2, -0.15) is 0 Å². The van der Waals surface area contributed by atoms with E-state index >= 15 is 0 Å². The molecule has 0 amide bonds. The Balaban J connectivity index is 1.70. The molecule has 2 fully saturated rings. The highest BCUT2D eigenvalue weighted by Gasteiger charge is 2.56. The zero-order chi connectivity index (χ0) is 16.4. The minimum atomic E-state index is -1.30. The van der Waals surface area contributed by atoms with Crippen LogP contribution in [0.5, 0.6) is 0 Å². The fraction of sp³-hybridized carbons (Fsp3) is 0.647. The van der Waals surface area contributed by atoms with Gasteiger partial charge >= 0.3 is 0 Å². The summed E-state index contributed by atoms with van der Waals surface area (Å²) in [6.45, 7) is 2.93. The van der Waals surface area contributed by atoms with Gasteiger partial charge in [0, 0.05) is 5.56 Å². The van der Waals surface area contributed by atoms with E-state index in [1.165, 1.54) is 13.0 Å². The topological polar surface area (TPSA) is 36.9 Å². The third-order valence-electron chi connectivity index (χ3n) is 4.22. The van der Waals surface area contributed by atoms with E-state index < -0.39 is 31.0 Å². The van der Waals surface area contributed by atoms with Crippen LogP contribution in [0.4, 0.5) is 8.78 Å². The summed E-state index contributed by atoms with van der Waals surface area (Å²) in [6.07, 6.45) is -0.0752. The maximum absolute atomic E-state index is 13.7. The first-order chi connectivity index (χ1) is 11.1. The van der Waals surface area contributed by atoms with Crippen molar-refractivity contribution in [2.75, 3.05) is 6.67 Å². The van der Waals surface area contributed by atoms with E-state index in [1.807, 2.05) is 6.92 Å². The number of halogens is 2. The first kappa shape index (κ1) is 16.8. The van der Waals surface area contributed by atoms with Crippen molar-refractivity contribution in [3.8, 4) is 0 Å². The fourth-order valence-corrected chi connectivity index (χ4v) is 3.06. The van der Waals surface area contributed by atoms with Gasteiger partial charge in [-0.1, -0.05) is 31.5 Å². The van der Waals surface area contributed by atoms with Gasteiger partial charge in [0.05, 0.1) is 12.7 Å². The molecule has 0 radical (unpaired) electrons. The first-order valence-corrected chi connectivity index (χ1v) is 7.98. The number of rotatable bonds is 6. The van der Waals surface area contributed by atoms with Crippen molar-refractivity contribution in [2.24, 2.45) is 0 Å². The molecule has 2 saturated heterocycles. The SMILES string of the molecule is CCC[C@H]1O[C@@H]2OC(C)(CF)O[C@@H]2[C@H]1OCc1ccccc1F. The van der Waals surface area contributed by atoms with Crippen LogP contribution in [0.1, 0.15) is 32.3 Å². The summed E-state index contributed by atoms with van der Waals surface area (Å²) in [7, 11) is 0. The molecule has 2 aliphatic rings. The van der Waals surface area contributed by atoms with Crippen LogP contribution in [0.3, 0.4) is 0 Å². The molecule has 0 N–H and O–H groups in total. The molecule has 2 aliphatic heterocycles. The summed E-state index contributed by atoms with van der Waals surface area (Å²) in [4.78, 5) is 0. The lowest BCUT2D eigenvalue weighted by Gasteiger charge is -2.26. The average Bonchev–Trinajstić information content (AvgIpc) is 3.01. The van der Waals surface area contributed by atoms with Crippen molar-refractivity contribution < 1.29 is 27.7 Å². The molecule has 2 heterocycles. The van der Waals surface area contributed by atoms with E-state index in [0.29, 0.717) is 5.56 Å². The second kappa shape index (κ2) is 6.81. The summed E-state index contributed by atoms with van der Waals surface area (Å²) >= 11 is 0. The van der Waals surface area contributed by atoms with Gasteiger partial charge in [0.25, 0.3) is 0 Å². The van der Waals surface area contributed by atoms with Gasteiger partial charge in [-0.3, -0.25) is 0 Å². The van der Waals surface area contributed by atoms with Crippen molar-refractivity contribution in [2.45, 2.75) is 63.7 Å². The minimum Gasteiger partial charge on any atom is -0.368 e. The van der Waals surface area contributed by atoms with Crippen molar-refractivity contribution >= 4 is 0 Å². The number of hydrogen-bond acceptors (Lipinski definition) is 4. The molecule has 1 unspecified atom stereocenters. The zero-order valence-electron chi connectivity index (χ0n) is 13.3. The molecular weight excluding hydrogens is 306 g/mol. The van der Waals surface area contributed by atoms with E-state index in [4.69, 9.17) is 18.9 Å². The largest absolute Gasteiger partial charge is 0.368 e. The molecule has 1 aromatic carbocycles. The molecule has 3 rings (SSSR count). The van der Waals surface area contributed by atoms with Gasteiger partial charge in [-0.15, -0.1) is 0 Å². The van der Waals surface area contributed by atoms with Gasteiger partial charge in [-0.25, -0.2) is 8.78 Å². The summed E-state index contributed by atoms with van der Waals surface area (Å²) in [5.41, 5.74) is 0.471. The van der Waals surface area contributed by atoms with Crippen LogP contribution in [0, 0.1) is 5.82 Å². The molecule has 0 aliphatic carbocycles. The second-order valence-corrected chi connectivity index (χ2v) is 6.17. The third kappa shape index (κ3) is 3.40. The fourth-order valence-electron chi connectivity index (χ4n) is 3.06. The van der Waals surface area contributed by atoms with Gasteiger partial charge in [0.1, 0.15) is 24.7 Å². The van der Waals surface area contributed by atoms with Gasteiger partial charge < -0.3 is 18.9 Å². The minimum absolute atomic E-state index is 0.111. The smallest absolute Gasteiger partial charge is 0.197 e. The van der Waals surface area contributed by atoms with Crippen molar-refractivity contribution in [3.05, 3.63) is 35.6 Å². The maximum atomic E-state index is 13.7. The predicted molar refractivity (Wildman–Crippen MR) is 78.9 cm³/mol. The number of benzene rings is 1. The predicted octanol–water partition coefficient (Wildman–Crippen LogP) is 3.34. The normalized spacial score (nSPS) is 36.3. The van der Waals surface area contributed by atoms with E-state index in [1.54, 1.807) is 18.2 Å². The Bertz CT molecular complexity index is 541. The Labute approximate surface area is 134 Å². The Kier molecular flexibility index (Phi) is 4.96. The highest BCUT2D eigenvalue weighted by molar-refractivity contribution is 5.16. The standard InChI is InChI=1S/C17H22F2O4/c1-3-6-13-14(20-9-11-7-4-5-8-12(11)19)15-16(21-13)23-17(2,10-18)22-15/h4-5,7-8,13-16H,3,6,9-10H2,1-2H3/t13-,14+,15-,16-,17?/m1/s1. The summed E-state index contributed by atoms with van der Waals surface area (Å²) in [5.74, 6) is -1.61. The number of ether oxygens (including phenoxy) is 4. The molecule has 4 nitrogen and oxygen atoms in total. The Morgan fingerprint density at radius 1 is 1.26 bits per heavy atom. The molecule has 0 saturated carbocycles. The quantitative estimate of drug-likeness (QED) is 0.803. The molecule has 0 aromatic heterocycles. The Hall–Kier alpha value is -1.08. The molecule has 1 aromatic rings. The third-order valence-corrected chi connectivity index (χ3v) is 4.22. The van der Waals surface area contributed by atoms with Gasteiger partial charge in [0.15, 0.2) is 12.1 Å². The van der Waals surface area contributed by atoms with E-state index in [9.17, 15) is 8.78 Å². The Morgan fingerprint density at radius 2 is 2.04 bits per heavy atom. The first-order valence-electron chi connectivity index (χ1n) is 7.98. The molecule has 5 atom stereocenters. The van der Waals surface area contributed by atoms with Crippen LogP contribution in [0.15, 0.2) is 24.3 Å². The number of alkyl halides is 1. The monoisotopic (exact) mass is 328 g/mol. The molecular formula is C17H22F2O4. The van der Waals surface area contributed by atoms with Gasteiger partial charge in [-0.05, 0) is 19.4 Å². The number of fused-ring (bicyclic) bond motifs is 1. The summed E-state index contributed by atoms with van der Waals surface area (Å²) in [6, 6.07) is 6.46. The molecule has 128 valence electrons. The Morgan fingerprint density at radius 3 is 2.74 bits per heavy atom. The summed E-state index contributed by atoms with van der Waals surface area (Å²) < 4.78 is 49.7. The maximum Gasteiger partial charge on any atom is 0.197 e. The molecule has 6 heteroatoms. The lowest BCUT2D eigenvalue weighted by molar-refractivity contribution is -0.234. The van der Waals surface area contributed by atoms with Crippen LogP contribution in [0.2, 0.25) is 0 Å². The van der Waals surface area contributed by atoms with Crippen LogP contribution < -0.4 is 0 Å².